The molecule has 0 saturated carbocycles. The predicted octanol–water partition coefficient (Wildman–Crippen LogP) is 5.68. The maximum absolute atomic E-state index is 13.8. The highest BCUT2D eigenvalue weighted by Crippen LogP contribution is 2.39. The number of halogens is 4. The molecule has 8 heteroatoms. The molecule has 0 unspecified atom stereocenters. The predicted molar refractivity (Wildman–Crippen MR) is 106 cm³/mol. The lowest BCUT2D eigenvalue weighted by atomic mass is 10.00. The highest BCUT2D eigenvalue weighted by molar-refractivity contribution is 6.30. The minimum absolute atomic E-state index is 0.0128. The number of hydrogen-bond acceptors (Lipinski definition) is 4. The van der Waals surface area contributed by atoms with Crippen LogP contribution in [0, 0.1) is 0 Å². The van der Waals surface area contributed by atoms with Gasteiger partial charge in [-0.25, -0.2) is 0 Å². The Morgan fingerprint density at radius 2 is 1.83 bits per heavy atom. The summed E-state index contributed by atoms with van der Waals surface area (Å²) in [5.41, 5.74) is -1.54. The Morgan fingerprint density at radius 3 is 2.41 bits per heavy atom. The third-order valence-electron chi connectivity index (χ3n) is 4.79. The van der Waals surface area contributed by atoms with Crippen LogP contribution in [-0.4, -0.2) is 23.1 Å². The fraction of sp³-hybridized carbons (Fsp3) is 0.286. The van der Waals surface area contributed by atoms with E-state index in [-0.39, 0.29) is 39.4 Å². The molecule has 154 valence electrons. The van der Waals surface area contributed by atoms with Crippen molar-refractivity contribution in [3.05, 3.63) is 63.0 Å². The molecule has 1 N–H and O–H groups in total. The third kappa shape index (κ3) is 4.11. The summed E-state index contributed by atoms with van der Waals surface area (Å²) in [6, 6.07) is 8.19. The zero-order chi connectivity index (χ0) is 21.3. The average Bonchev–Trinajstić information content (AvgIpc) is 2.66. The molecule has 0 fully saturated rings. The van der Waals surface area contributed by atoms with Gasteiger partial charge in [-0.2, -0.15) is 13.2 Å². The molecule has 0 saturated heterocycles. The first kappa shape index (κ1) is 21.2. The van der Waals surface area contributed by atoms with E-state index < -0.39 is 22.9 Å². The highest BCUT2D eigenvalue weighted by Gasteiger charge is 2.39. The maximum Gasteiger partial charge on any atom is 0.450 e. The van der Waals surface area contributed by atoms with Gasteiger partial charge in [0.15, 0.2) is 0 Å². The van der Waals surface area contributed by atoms with Crippen LogP contribution in [0.5, 0.6) is 5.75 Å². The van der Waals surface area contributed by atoms with Gasteiger partial charge in [-0.05, 0) is 42.9 Å². The van der Waals surface area contributed by atoms with Gasteiger partial charge in [0.05, 0.1) is 16.5 Å². The summed E-state index contributed by atoms with van der Waals surface area (Å²) in [6.45, 7) is 5.15. The molecule has 2 aromatic carbocycles. The molecule has 3 aromatic rings. The maximum atomic E-state index is 13.8. The van der Waals surface area contributed by atoms with E-state index in [4.69, 9.17) is 16.0 Å². The van der Waals surface area contributed by atoms with Crippen molar-refractivity contribution >= 4 is 22.6 Å². The van der Waals surface area contributed by atoms with Gasteiger partial charge in [-0.3, -0.25) is 9.69 Å². The van der Waals surface area contributed by atoms with Crippen LogP contribution in [0.2, 0.25) is 5.02 Å². The van der Waals surface area contributed by atoms with Crippen molar-refractivity contribution in [3.63, 3.8) is 0 Å². The van der Waals surface area contributed by atoms with Crippen LogP contribution in [0.4, 0.5) is 13.2 Å². The van der Waals surface area contributed by atoms with Crippen LogP contribution in [0.1, 0.15) is 25.2 Å². The molecule has 0 radical (unpaired) electrons. The van der Waals surface area contributed by atoms with E-state index in [9.17, 15) is 23.1 Å². The van der Waals surface area contributed by atoms with E-state index in [0.717, 1.165) is 0 Å². The van der Waals surface area contributed by atoms with Crippen molar-refractivity contribution in [3.8, 4) is 16.9 Å². The molecule has 0 spiro atoms. The smallest absolute Gasteiger partial charge is 0.450 e. The van der Waals surface area contributed by atoms with Gasteiger partial charge in [0.1, 0.15) is 11.3 Å². The molecule has 0 aliphatic heterocycles. The SMILES string of the molecule is CCN(CC)Cc1c(O)ccc2c(=O)c(-c3cccc(Cl)c3)c(C(F)(F)F)oc12. The highest BCUT2D eigenvalue weighted by atomic mass is 35.5. The molecule has 29 heavy (non-hydrogen) atoms. The molecule has 3 rings (SSSR count). The Hall–Kier alpha value is -2.51. The van der Waals surface area contributed by atoms with E-state index in [1.807, 2.05) is 18.7 Å². The lowest BCUT2D eigenvalue weighted by Gasteiger charge is -2.20. The minimum atomic E-state index is -4.91. The normalized spacial score (nSPS) is 12.1. The van der Waals surface area contributed by atoms with Crippen molar-refractivity contribution in [2.45, 2.75) is 26.6 Å². The number of fused-ring (bicyclic) bond motifs is 1. The van der Waals surface area contributed by atoms with E-state index >= 15 is 0 Å². The Labute approximate surface area is 170 Å². The molecular formula is C21H19ClF3NO3. The Morgan fingerprint density at radius 1 is 1.14 bits per heavy atom. The van der Waals surface area contributed by atoms with E-state index in [0.29, 0.717) is 13.1 Å². The lowest BCUT2D eigenvalue weighted by molar-refractivity contribution is -0.152. The number of aromatic hydroxyl groups is 1. The number of phenols is 1. The summed E-state index contributed by atoms with van der Waals surface area (Å²) in [6.07, 6.45) is -4.91. The van der Waals surface area contributed by atoms with Gasteiger partial charge in [-0.1, -0.05) is 37.6 Å². The molecule has 0 aliphatic rings. The molecule has 0 amide bonds. The second-order valence-corrected chi connectivity index (χ2v) is 6.98. The van der Waals surface area contributed by atoms with Crippen molar-refractivity contribution in [1.82, 2.24) is 4.90 Å². The van der Waals surface area contributed by atoms with Crippen LogP contribution >= 0.6 is 11.6 Å². The summed E-state index contributed by atoms with van der Waals surface area (Å²) < 4.78 is 46.8. The topological polar surface area (TPSA) is 53.7 Å². The summed E-state index contributed by atoms with van der Waals surface area (Å²) >= 11 is 5.91. The molecule has 0 atom stereocenters. The van der Waals surface area contributed by atoms with Crippen molar-refractivity contribution in [2.75, 3.05) is 13.1 Å². The van der Waals surface area contributed by atoms with Gasteiger partial charge in [0.2, 0.25) is 11.2 Å². The molecule has 1 aromatic heterocycles. The van der Waals surface area contributed by atoms with E-state index in [1.165, 1.54) is 36.4 Å². The Bertz CT molecular complexity index is 1100. The number of phenolic OH excluding ortho intramolecular Hbond substituents is 1. The summed E-state index contributed by atoms with van der Waals surface area (Å²) in [5.74, 6) is -1.64. The average molecular weight is 426 g/mol. The summed E-state index contributed by atoms with van der Waals surface area (Å²) in [4.78, 5) is 15.0. The molecule has 4 nitrogen and oxygen atoms in total. The number of hydrogen-bond donors (Lipinski definition) is 1. The lowest BCUT2D eigenvalue weighted by Crippen LogP contribution is -2.23. The minimum Gasteiger partial charge on any atom is -0.507 e. The fourth-order valence-corrected chi connectivity index (χ4v) is 3.42. The van der Waals surface area contributed by atoms with Gasteiger partial charge >= 0.3 is 6.18 Å². The second kappa shape index (κ2) is 8.08. The van der Waals surface area contributed by atoms with Gasteiger partial charge in [0, 0.05) is 11.6 Å². The van der Waals surface area contributed by atoms with Crippen molar-refractivity contribution in [1.29, 1.82) is 0 Å². The number of alkyl halides is 3. The molecule has 0 bridgehead atoms. The second-order valence-electron chi connectivity index (χ2n) is 6.54. The number of nitrogens with zero attached hydrogens (tertiary/aromatic N) is 1. The van der Waals surface area contributed by atoms with Crippen LogP contribution in [0.25, 0.3) is 22.1 Å². The zero-order valence-electron chi connectivity index (χ0n) is 15.8. The van der Waals surface area contributed by atoms with Gasteiger partial charge < -0.3 is 9.52 Å². The summed E-state index contributed by atoms with van der Waals surface area (Å²) in [7, 11) is 0. The van der Waals surface area contributed by atoms with Crippen LogP contribution in [-0.2, 0) is 12.7 Å². The monoisotopic (exact) mass is 425 g/mol. The fourth-order valence-electron chi connectivity index (χ4n) is 3.23. The molecule has 0 aliphatic carbocycles. The van der Waals surface area contributed by atoms with Crippen LogP contribution < -0.4 is 5.43 Å². The number of benzene rings is 2. The third-order valence-corrected chi connectivity index (χ3v) is 5.02. The Kier molecular flexibility index (Phi) is 5.91. The first-order chi connectivity index (χ1) is 13.7. The summed E-state index contributed by atoms with van der Waals surface area (Å²) in [5, 5.41) is 10.4. The van der Waals surface area contributed by atoms with Crippen LogP contribution in [0.3, 0.4) is 0 Å². The van der Waals surface area contributed by atoms with Crippen molar-refractivity contribution in [2.24, 2.45) is 0 Å². The first-order valence-electron chi connectivity index (χ1n) is 9.04. The van der Waals surface area contributed by atoms with Crippen LogP contribution in [0.15, 0.2) is 45.6 Å². The van der Waals surface area contributed by atoms with E-state index in [1.54, 1.807) is 0 Å². The van der Waals surface area contributed by atoms with Gasteiger partial charge in [-0.15, -0.1) is 0 Å². The number of rotatable bonds is 5. The molecule has 1 heterocycles. The van der Waals surface area contributed by atoms with Crippen molar-refractivity contribution < 1.29 is 22.7 Å². The zero-order valence-corrected chi connectivity index (χ0v) is 16.6. The standard InChI is InChI=1S/C21H19ClF3NO3/c1-3-26(4-2)11-15-16(27)9-8-14-18(28)17(12-6-5-7-13(22)10-12)20(21(23,24)25)29-19(14)15/h5-10,27H,3-4,11H2,1-2H3. The Balaban J connectivity index is 2.39. The quantitative estimate of drug-likeness (QED) is 0.571. The first-order valence-corrected chi connectivity index (χ1v) is 9.42. The molecular weight excluding hydrogens is 407 g/mol. The van der Waals surface area contributed by atoms with E-state index in [2.05, 4.69) is 0 Å². The van der Waals surface area contributed by atoms with Gasteiger partial charge in [0.25, 0.3) is 0 Å². The largest absolute Gasteiger partial charge is 0.507 e.